The summed E-state index contributed by atoms with van der Waals surface area (Å²) in [5, 5.41) is 0. The molecule has 1 aromatic heterocycles. The molecular weight excluding hydrogens is 301 g/mol. The predicted molar refractivity (Wildman–Crippen MR) is 72.2 cm³/mol. The van der Waals surface area contributed by atoms with Gasteiger partial charge in [0.2, 0.25) is 5.88 Å². The van der Waals surface area contributed by atoms with Gasteiger partial charge in [0.1, 0.15) is 5.82 Å². The molecule has 0 saturated heterocycles. The Morgan fingerprint density at radius 3 is 2.76 bits per heavy atom. The maximum atomic E-state index is 12.6. The summed E-state index contributed by atoms with van der Waals surface area (Å²) in [5.41, 5.74) is 0. The van der Waals surface area contributed by atoms with Crippen molar-refractivity contribution in [3.05, 3.63) is 24.1 Å². The lowest BCUT2D eigenvalue weighted by Gasteiger charge is -2.19. The molecule has 1 aliphatic carbocycles. The van der Waals surface area contributed by atoms with Crippen LogP contribution in [0.5, 0.6) is 5.88 Å². The maximum Gasteiger partial charge on any atom is 0.304 e. The van der Waals surface area contributed by atoms with E-state index in [1.165, 1.54) is 10.4 Å². The Balaban J connectivity index is 1.87. The molecule has 0 spiro atoms. The normalized spacial score (nSPS) is 15.0. The van der Waals surface area contributed by atoms with Gasteiger partial charge in [0.15, 0.2) is 6.61 Å². The SMILES string of the molecule is CCN(C1CC1)S(=O)(=O)NC(=O)COc1ccc(F)cn1. The highest BCUT2D eigenvalue weighted by Gasteiger charge is 2.36. The standard InChI is InChI=1S/C12H16FN3O4S/c1-2-16(10-4-5-10)21(18,19)15-11(17)8-20-12-6-3-9(13)7-14-12/h3,6-7,10H,2,4-5,8H2,1H3,(H,15,17). The Morgan fingerprint density at radius 1 is 1.52 bits per heavy atom. The summed E-state index contributed by atoms with van der Waals surface area (Å²) in [6.07, 6.45) is 2.55. The Labute approximate surface area is 122 Å². The molecule has 1 aromatic rings. The van der Waals surface area contributed by atoms with Gasteiger partial charge in [-0.15, -0.1) is 0 Å². The van der Waals surface area contributed by atoms with Gasteiger partial charge in [-0.3, -0.25) is 4.79 Å². The van der Waals surface area contributed by atoms with Crippen molar-refractivity contribution >= 4 is 16.1 Å². The van der Waals surface area contributed by atoms with Crippen molar-refractivity contribution in [2.75, 3.05) is 13.2 Å². The highest BCUT2D eigenvalue weighted by molar-refractivity contribution is 7.87. The van der Waals surface area contributed by atoms with Gasteiger partial charge in [0.25, 0.3) is 5.91 Å². The van der Waals surface area contributed by atoms with Gasteiger partial charge in [-0.25, -0.2) is 14.1 Å². The van der Waals surface area contributed by atoms with Crippen LogP contribution in [0.3, 0.4) is 0 Å². The minimum absolute atomic E-state index is 0.0278. The van der Waals surface area contributed by atoms with Crippen LogP contribution in [-0.2, 0) is 15.0 Å². The first-order chi connectivity index (χ1) is 9.92. The zero-order valence-corrected chi connectivity index (χ0v) is 12.3. The van der Waals surface area contributed by atoms with Gasteiger partial charge >= 0.3 is 10.2 Å². The van der Waals surface area contributed by atoms with Gasteiger partial charge in [-0.2, -0.15) is 12.7 Å². The average Bonchev–Trinajstić information content (AvgIpc) is 3.22. The fourth-order valence-electron chi connectivity index (χ4n) is 1.81. The zero-order chi connectivity index (χ0) is 15.5. The monoisotopic (exact) mass is 317 g/mol. The van der Waals surface area contributed by atoms with E-state index in [1.54, 1.807) is 6.92 Å². The minimum Gasteiger partial charge on any atom is -0.468 e. The summed E-state index contributed by atoms with van der Waals surface area (Å²) in [4.78, 5) is 15.2. The van der Waals surface area contributed by atoms with E-state index >= 15 is 0 Å². The number of rotatable bonds is 7. The molecule has 7 nitrogen and oxygen atoms in total. The van der Waals surface area contributed by atoms with E-state index in [9.17, 15) is 17.6 Å². The van der Waals surface area contributed by atoms with Gasteiger partial charge in [-0.1, -0.05) is 6.92 Å². The van der Waals surface area contributed by atoms with Crippen molar-refractivity contribution in [1.29, 1.82) is 0 Å². The first kappa shape index (κ1) is 15.6. The molecule has 0 aliphatic heterocycles. The number of hydrogen-bond donors (Lipinski definition) is 1. The molecule has 1 fully saturated rings. The van der Waals surface area contributed by atoms with E-state index in [0.717, 1.165) is 25.1 Å². The van der Waals surface area contributed by atoms with Crippen molar-refractivity contribution in [2.24, 2.45) is 0 Å². The van der Waals surface area contributed by atoms with Crippen LogP contribution in [0.4, 0.5) is 4.39 Å². The van der Waals surface area contributed by atoms with Gasteiger partial charge in [-0.05, 0) is 18.9 Å². The van der Waals surface area contributed by atoms with Crippen molar-refractivity contribution < 1.29 is 22.3 Å². The number of ether oxygens (including phenoxy) is 1. The number of halogens is 1. The summed E-state index contributed by atoms with van der Waals surface area (Å²) >= 11 is 0. The van der Waals surface area contributed by atoms with E-state index in [2.05, 4.69) is 4.98 Å². The molecule has 21 heavy (non-hydrogen) atoms. The minimum atomic E-state index is -3.85. The van der Waals surface area contributed by atoms with Gasteiger partial charge in [0.05, 0.1) is 6.20 Å². The van der Waals surface area contributed by atoms with Gasteiger partial charge in [0, 0.05) is 18.7 Å². The Morgan fingerprint density at radius 2 is 2.24 bits per heavy atom. The van der Waals surface area contributed by atoms with Crippen molar-refractivity contribution in [3.63, 3.8) is 0 Å². The Kier molecular flexibility index (Phi) is 4.73. The third-order valence-electron chi connectivity index (χ3n) is 2.87. The molecule has 1 saturated carbocycles. The van der Waals surface area contributed by atoms with Crippen LogP contribution in [0, 0.1) is 5.82 Å². The predicted octanol–water partition coefficient (Wildman–Crippen LogP) is 0.445. The number of carbonyl (C=O) groups excluding carboxylic acids is 1. The Hall–Kier alpha value is -1.74. The molecule has 2 rings (SSSR count). The lowest BCUT2D eigenvalue weighted by Crippen LogP contribution is -2.45. The maximum absolute atomic E-state index is 12.6. The summed E-state index contributed by atoms with van der Waals surface area (Å²) in [7, 11) is -3.85. The molecule has 0 atom stereocenters. The highest BCUT2D eigenvalue weighted by Crippen LogP contribution is 2.28. The average molecular weight is 317 g/mol. The number of hydrogen-bond acceptors (Lipinski definition) is 5. The van der Waals surface area contributed by atoms with Crippen LogP contribution in [0.2, 0.25) is 0 Å². The fourth-order valence-corrected chi connectivity index (χ4v) is 3.21. The van der Waals surface area contributed by atoms with Crippen LogP contribution in [0.25, 0.3) is 0 Å². The molecule has 0 aromatic carbocycles. The van der Waals surface area contributed by atoms with Crippen LogP contribution < -0.4 is 9.46 Å². The molecular formula is C12H16FN3O4S. The van der Waals surface area contributed by atoms with Crippen molar-refractivity contribution in [3.8, 4) is 5.88 Å². The van der Waals surface area contributed by atoms with Crippen molar-refractivity contribution in [2.45, 2.75) is 25.8 Å². The van der Waals surface area contributed by atoms with E-state index < -0.39 is 28.5 Å². The van der Waals surface area contributed by atoms with E-state index in [1.807, 2.05) is 4.72 Å². The number of aromatic nitrogens is 1. The summed E-state index contributed by atoms with van der Waals surface area (Å²) in [5.74, 6) is -1.30. The molecule has 0 bridgehead atoms. The summed E-state index contributed by atoms with van der Waals surface area (Å²) in [6, 6.07) is 2.35. The van der Waals surface area contributed by atoms with Crippen LogP contribution in [-0.4, -0.2) is 42.8 Å². The summed E-state index contributed by atoms with van der Waals surface area (Å²) in [6.45, 7) is 1.49. The molecule has 0 unspecified atom stereocenters. The van der Waals surface area contributed by atoms with E-state index in [0.29, 0.717) is 6.54 Å². The zero-order valence-electron chi connectivity index (χ0n) is 11.5. The number of amides is 1. The van der Waals surface area contributed by atoms with Crippen LogP contribution in [0.1, 0.15) is 19.8 Å². The second-order valence-electron chi connectivity index (χ2n) is 4.57. The lowest BCUT2D eigenvalue weighted by atomic mass is 10.5. The molecule has 1 aliphatic rings. The number of pyridine rings is 1. The first-order valence-electron chi connectivity index (χ1n) is 6.49. The first-order valence-corrected chi connectivity index (χ1v) is 7.93. The van der Waals surface area contributed by atoms with Crippen LogP contribution in [0.15, 0.2) is 18.3 Å². The third kappa shape index (κ3) is 4.36. The smallest absolute Gasteiger partial charge is 0.304 e. The molecule has 1 heterocycles. The van der Waals surface area contributed by atoms with E-state index in [4.69, 9.17) is 4.74 Å². The highest BCUT2D eigenvalue weighted by atomic mass is 32.2. The number of nitrogens with zero attached hydrogens (tertiary/aromatic N) is 2. The number of nitrogens with one attached hydrogen (secondary N) is 1. The second kappa shape index (κ2) is 6.35. The summed E-state index contributed by atoms with van der Waals surface area (Å²) < 4.78 is 44.8. The van der Waals surface area contributed by atoms with Gasteiger partial charge < -0.3 is 4.74 Å². The fraction of sp³-hybridized carbons (Fsp3) is 0.500. The second-order valence-corrected chi connectivity index (χ2v) is 6.19. The topological polar surface area (TPSA) is 88.6 Å². The Bertz CT molecular complexity index is 601. The quantitative estimate of drug-likeness (QED) is 0.788. The molecule has 1 N–H and O–H groups in total. The molecule has 9 heteroatoms. The molecule has 116 valence electrons. The van der Waals surface area contributed by atoms with E-state index in [-0.39, 0.29) is 11.9 Å². The van der Waals surface area contributed by atoms with Crippen molar-refractivity contribution in [1.82, 2.24) is 14.0 Å². The van der Waals surface area contributed by atoms with Crippen LogP contribution >= 0.6 is 0 Å². The lowest BCUT2D eigenvalue weighted by molar-refractivity contribution is -0.121. The number of carbonyl (C=O) groups is 1. The third-order valence-corrected chi connectivity index (χ3v) is 4.53. The molecule has 0 radical (unpaired) electrons. The molecule has 1 amide bonds. The largest absolute Gasteiger partial charge is 0.468 e.